The molecule has 136 valence electrons. The van der Waals surface area contributed by atoms with Crippen molar-refractivity contribution in [3.63, 3.8) is 0 Å². The van der Waals surface area contributed by atoms with Gasteiger partial charge in [0, 0.05) is 28.2 Å². The molecule has 0 spiro atoms. The summed E-state index contributed by atoms with van der Waals surface area (Å²) in [5, 5.41) is 10.8. The molecule has 0 aliphatic carbocycles. The van der Waals surface area contributed by atoms with Crippen molar-refractivity contribution in [3.8, 4) is 0 Å². The van der Waals surface area contributed by atoms with Crippen LogP contribution in [0.3, 0.4) is 0 Å². The third-order valence-corrected chi connectivity index (χ3v) is 4.80. The van der Waals surface area contributed by atoms with Gasteiger partial charge in [0.25, 0.3) is 0 Å². The molecule has 0 saturated carbocycles. The molecule has 6 heteroatoms. The van der Waals surface area contributed by atoms with E-state index in [0.717, 1.165) is 36.3 Å². The Morgan fingerprint density at radius 2 is 1.73 bits per heavy atom. The molecule has 1 amide bonds. The van der Waals surface area contributed by atoms with E-state index in [1.165, 1.54) is 0 Å². The predicted octanol–water partition coefficient (Wildman–Crippen LogP) is 5.07. The van der Waals surface area contributed by atoms with Crippen molar-refractivity contribution in [2.45, 2.75) is 19.8 Å². The van der Waals surface area contributed by atoms with Gasteiger partial charge in [-0.2, -0.15) is 5.10 Å². The predicted molar refractivity (Wildman–Crippen MR) is 108 cm³/mol. The van der Waals surface area contributed by atoms with Crippen molar-refractivity contribution >= 4 is 40.5 Å². The molecule has 1 heterocycles. The lowest BCUT2D eigenvalue weighted by Crippen LogP contribution is -2.29. The van der Waals surface area contributed by atoms with Crippen molar-refractivity contribution in [1.29, 1.82) is 0 Å². The number of hydrogen-bond donors (Lipinski definition) is 1. The number of benzene rings is 2. The summed E-state index contributed by atoms with van der Waals surface area (Å²) >= 11 is 11.9. The Balaban J connectivity index is 1.68. The van der Waals surface area contributed by atoms with Gasteiger partial charge in [0.2, 0.25) is 5.91 Å². The molecule has 0 aromatic heterocycles. The van der Waals surface area contributed by atoms with Crippen LogP contribution in [0.4, 0.5) is 5.69 Å². The van der Waals surface area contributed by atoms with Gasteiger partial charge in [-0.3, -0.25) is 9.80 Å². The molecule has 0 fully saturated rings. The molecule has 1 aliphatic heterocycles. The van der Waals surface area contributed by atoms with Crippen LogP contribution in [0, 0.1) is 5.92 Å². The number of anilines is 1. The summed E-state index contributed by atoms with van der Waals surface area (Å²) in [4.78, 5) is 12.3. The fraction of sp³-hybridized carbons (Fsp3) is 0.300. The van der Waals surface area contributed by atoms with Crippen molar-refractivity contribution in [2.24, 2.45) is 11.0 Å². The van der Waals surface area contributed by atoms with E-state index in [-0.39, 0.29) is 12.5 Å². The van der Waals surface area contributed by atoms with Gasteiger partial charge in [0.15, 0.2) is 0 Å². The average molecular weight is 390 g/mol. The molecule has 1 aliphatic rings. The second kappa shape index (κ2) is 8.56. The Morgan fingerprint density at radius 3 is 2.35 bits per heavy atom. The Morgan fingerprint density at radius 1 is 1.12 bits per heavy atom. The van der Waals surface area contributed by atoms with Gasteiger partial charge in [-0.1, -0.05) is 48.7 Å². The van der Waals surface area contributed by atoms with E-state index in [2.05, 4.69) is 12.2 Å². The summed E-state index contributed by atoms with van der Waals surface area (Å²) in [5.41, 5.74) is 2.82. The normalized spacial score (nSPS) is 16.5. The van der Waals surface area contributed by atoms with Crippen molar-refractivity contribution in [1.82, 2.24) is 5.01 Å². The Hall–Kier alpha value is -2.04. The van der Waals surface area contributed by atoms with Crippen LogP contribution in [0.5, 0.6) is 0 Å². The van der Waals surface area contributed by atoms with Crippen LogP contribution >= 0.6 is 23.2 Å². The lowest BCUT2D eigenvalue weighted by molar-refractivity contribution is -0.117. The van der Waals surface area contributed by atoms with Crippen LogP contribution in [0.1, 0.15) is 25.3 Å². The van der Waals surface area contributed by atoms with Crippen LogP contribution in [0.2, 0.25) is 10.0 Å². The first kappa shape index (κ1) is 18.7. The summed E-state index contributed by atoms with van der Waals surface area (Å²) in [7, 11) is 0. The minimum absolute atomic E-state index is 0.0938. The monoisotopic (exact) mass is 389 g/mol. The maximum Gasteiger partial charge on any atom is 0.245 e. The quantitative estimate of drug-likeness (QED) is 0.749. The topological polar surface area (TPSA) is 44.7 Å². The SMILES string of the molecule is CCCC1CN(CC(=O)Nc2ccc(Cl)cc2)N=C1c1ccc(Cl)cc1. The number of carbonyl (C=O) groups excluding carboxylic acids is 1. The van der Waals surface area contributed by atoms with Crippen molar-refractivity contribution in [2.75, 3.05) is 18.4 Å². The second-order valence-electron chi connectivity index (χ2n) is 6.38. The molecule has 26 heavy (non-hydrogen) atoms. The number of amides is 1. The maximum atomic E-state index is 12.3. The molecular weight excluding hydrogens is 369 g/mol. The third-order valence-electron chi connectivity index (χ3n) is 4.30. The summed E-state index contributed by atoms with van der Waals surface area (Å²) in [6, 6.07) is 14.8. The van der Waals surface area contributed by atoms with Crippen LogP contribution in [-0.4, -0.2) is 29.7 Å². The van der Waals surface area contributed by atoms with E-state index >= 15 is 0 Å². The molecule has 0 bridgehead atoms. The van der Waals surface area contributed by atoms with Crippen LogP contribution in [0.15, 0.2) is 53.6 Å². The number of nitrogens with one attached hydrogen (secondary N) is 1. The molecule has 2 aromatic rings. The van der Waals surface area contributed by atoms with E-state index in [1.807, 2.05) is 29.3 Å². The van der Waals surface area contributed by atoms with Gasteiger partial charge in [0.05, 0.1) is 5.71 Å². The van der Waals surface area contributed by atoms with Gasteiger partial charge in [-0.15, -0.1) is 0 Å². The highest BCUT2D eigenvalue weighted by molar-refractivity contribution is 6.31. The molecule has 1 atom stereocenters. The van der Waals surface area contributed by atoms with Crippen LogP contribution < -0.4 is 5.32 Å². The molecule has 0 saturated heterocycles. The molecule has 3 rings (SSSR count). The Kier molecular flexibility index (Phi) is 6.17. The van der Waals surface area contributed by atoms with Gasteiger partial charge in [-0.05, 0) is 48.4 Å². The zero-order valence-electron chi connectivity index (χ0n) is 14.6. The first-order valence-corrected chi connectivity index (χ1v) is 9.45. The summed E-state index contributed by atoms with van der Waals surface area (Å²) in [6.45, 7) is 3.13. The molecule has 2 aromatic carbocycles. The fourth-order valence-electron chi connectivity index (χ4n) is 3.11. The summed E-state index contributed by atoms with van der Waals surface area (Å²) in [6.07, 6.45) is 2.11. The molecule has 1 N–H and O–H groups in total. The lowest BCUT2D eigenvalue weighted by atomic mass is 9.93. The largest absolute Gasteiger partial charge is 0.324 e. The number of nitrogens with zero attached hydrogens (tertiary/aromatic N) is 2. The number of rotatable bonds is 6. The Bertz CT molecular complexity index is 788. The van der Waals surface area contributed by atoms with E-state index < -0.39 is 0 Å². The summed E-state index contributed by atoms with van der Waals surface area (Å²) < 4.78 is 0. The molecular formula is C20H21Cl2N3O. The number of halogens is 2. The zero-order valence-corrected chi connectivity index (χ0v) is 16.1. The second-order valence-corrected chi connectivity index (χ2v) is 7.25. The molecule has 4 nitrogen and oxygen atoms in total. The standard InChI is InChI=1S/C20H21Cl2N3O/c1-2-3-15-12-25(24-20(15)14-4-6-16(21)7-5-14)13-19(26)23-18-10-8-17(22)9-11-18/h4-11,15H,2-3,12-13H2,1H3,(H,23,26). The zero-order chi connectivity index (χ0) is 18.5. The highest BCUT2D eigenvalue weighted by Gasteiger charge is 2.28. The third kappa shape index (κ3) is 4.77. The smallest absolute Gasteiger partial charge is 0.245 e. The number of hydrogen-bond acceptors (Lipinski definition) is 3. The first-order chi connectivity index (χ1) is 12.5. The van der Waals surface area contributed by atoms with E-state index in [4.69, 9.17) is 28.3 Å². The van der Waals surface area contributed by atoms with Gasteiger partial charge in [-0.25, -0.2) is 0 Å². The fourth-order valence-corrected chi connectivity index (χ4v) is 3.36. The van der Waals surface area contributed by atoms with Crippen LogP contribution in [0.25, 0.3) is 0 Å². The number of carbonyl (C=O) groups is 1. The highest BCUT2D eigenvalue weighted by atomic mass is 35.5. The van der Waals surface area contributed by atoms with E-state index in [1.54, 1.807) is 24.3 Å². The summed E-state index contributed by atoms with van der Waals surface area (Å²) in [5.74, 6) is 0.230. The minimum atomic E-state index is -0.0938. The van der Waals surface area contributed by atoms with Gasteiger partial charge >= 0.3 is 0 Å². The van der Waals surface area contributed by atoms with Gasteiger partial charge in [0.1, 0.15) is 6.54 Å². The maximum absolute atomic E-state index is 12.3. The van der Waals surface area contributed by atoms with Crippen molar-refractivity contribution in [3.05, 3.63) is 64.1 Å². The lowest BCUT2D eigenvalue weighted by Gasteiger charge is -2.15. The van der Waals surface area contributed by atoms with Crippen molar-refractivity contribution < 1.29 is 4.79 Å². The van der Waals surface area contributed by atoms with Gasteiger partial charge < -0.3 is 5.32 Å². The minimum Gasteiger partial charge on any atom is -0.324 e. The van der Waals surface area contributed by atoms with E-state index in [9.17, 15) is 4.79 Å². The van der Waals surface area contributed by atoms with Crippen LogP contribution in [-0.2, 0) is 4.79 Å². The number of hydrazone groups is 1. The van der Waals surface area contributed by atoms with E-state index in [0.29, 0.717) is 16.0 Å². The Labute approximate surface area is 163 Å². The molecule has 1 unspecified atom stereocenters. The molecule has 0 radical (unpaired) electrons. The average Bonchev–Trinajstić information content (AvgIpc) is 3.00. The highest BCUT2D eigenvalue weighted by Crippen LogP contribution is 2.24. The first-order valence-electron chi connectivity index (χ1n) is 8.70.